The molecule has 0 bridgehead atoms. The smallest absolute Gasteiger partial charge is 0.177 e. The molecule has 0 spiro atoms. The Morgan fingerprint density at radius 1 is 1.39 bits per heavy atom. The van der Waals surface area contributed by atoms with Gasteiger partial charge in [0.15, 0.2) is 5.78 Å². The Balaban J connectivity index is 2.46. The number of carbonyl (C=O) groups excluding carboxylic acids is 1. The zero-order chi connectivity index (χ0) is 13.1. The molecule has 0 amide bonds. The van der Waals surface area contributed by atoms with E-state index in [1.54, 1.807) is 10.8 Å². The van der Waals surface area contributed by atoms with Crippen molar-refractivity contribution in [3.63, 3.8) is 0 Å². The molecule has 4 heteroatoms. The summed E-state index contributed by atoms with van der Waals surface area (Å²) in [7, 11) is 0. The molecular formula is C14H13N3O. The average Bonchev–Trinajstić information content (AvgIpc) is 2.66. The number of nitriles is 1. The van der Waals surface area contributed by atoms with Gasteiger partial charge in [-0.3, -0.25) is 4.79 Å². The maximum absolute atomic E-state index is 11.6. The molecule has 0 unspecified atom stereocenters. The molecule has 2 N–H and O–H groups in total. The summed E-state index contributed by atoms with van der Waals surface area (Å²) in [5.74, 6) is -0.154. The van der Waals surface area contributed by atoms with Gasteiger partial charge < -0.3 is 10.3 Å². The maximum Gasteiger partial charge on any atom is 0.177 e. The lowest BCUT2D eigenvalue weighted by atomic mass is 10.2. The molecule has 0 aliphatic heterocycles. The number of ketones is 1. The van der Waals surface area contributed by atoms with Crippen molar-refractivity contribution in [2.24, 2.45) is 0 Å². The second-order valence-corrected chi connectivity index (χ2v) is 4.09. The molecule has 18 heavy (non-hydrogen) atoms. The van der Waals surface area contributed by atoms with Crippen molar-refractivity contribution >= 4 is 11.5 Å². The monoisotopic (exact) mass is 239 g/mol. The van der Waals surface area contributed by atoms with E-state index in [1.165, 1.54) is 6.92 Å². The Morgan fingerprint density at radius 3 is 2.61 bits per heavy atom. The van der Waals surface area contributed by atoms with Crippen molar-refractivity contribution in [2.45, 2.75) is 13.5 Å². The van der Waals surface area contributed by atoms with E-state index >= 15 is 0 Å². The van der Waals surface area contributed by atoms with Crippen molar-refractivity contribution in [2.75, 3.05) is 5.73 Å². The first-order valence-electron chi connectivity index (χ1n) is 5.57. The summed E-state index contributed by atoms with van der Waals surface area (Å²) in [5, 5.41) is 9.03. The van der Waals surface area contributed by atoms with Gasteiger partial charge in [0.1, 0.15) is 17.3 Å². The van der Waals surface area contributed by atoms with E-state index in [0.29, 0.717) is 17.9 Å². The lowest BCUT2D eigenvalue weighted by Crippen LogP contribution is -2.08. The lowest BCUT2D eigenvalue weighted by molar-refractivity contribution is 0.100. The molecule has 1 aromatic carbocycles. The molecule has 2 rings (SSSR count). The van der Waals surface area contributed by atoms with Crippen LogP contribution in [0.2, 0.25) is 0 Å². The molecule has 0 aliphatic rings. The number of Topliss-reactive ketones (excluding diaryl/α,β-unsaturated/α-hetero) is 1. The number of nitrogens with two attached hydrogens (primary N) is 1. The first-order chi connectivity index (χ1) is 8.63. The maximum atomic E-state index is 11.6. The molecule has 0 radical (unpaired) electrons. The predicted molar refractivity (Wildman–Crippen MR) is 69.1 cm³/mol. The van der Waals surface area contributed by atoms with Crippen molar-refractivity contribution in [1.29, 1.82) is 5.26 Å². The fourth-order valence-corrected chi connectivity index (χ4v) is 1.98. The van der Waals surface area contributed by atoms with Gasteiger partial charge in [0.05, 0.1) is 5.69 Å². The van der Waals surface area contributed by atoms with Crippen LogP contribution in [0.4, 0.5) is 5.69 Å². The van der Waals surface area contributed by atoms with Gasteiger partial charge in [0, 0.05) is 19.7 Å². The number of benzene rings is 1. The van der Waals surface area contributed by atoms with Crippen LogP contribution in [-0.4, -0.2) is 10.4 Å². The molecule has 0 aliphatic carbocycles. The normalized spacial score (nSPS) is 10.0. The Hall–Kier alpha value is -2.54. The van der Waals surface area contributed by atoms with Crippen molar-refractivity contribution in [3.05, 3.63) is 53.3 Å². The van der Waals surface area contributed by atoms with Crippen LogP contribution in [0, 0.1) is 11.3 Å². The number of carbonyl (C=O) groups is 1. The van der Waals surface area contributed by atoms with Gasteiger partial charge >= 0.3 is 0 Å². The summed E-state index contributed by atoms with van der Waals surface area (Å²) in [4.78, 5) is 11.6. The number of nitrogens with zero attached hydrogens (tertiary/aromatic N) is 2. The van der Waals surface area contributed by atoms with E-state index in [1.807, 2.05) is 36.4 Å². The second kappa shape index (κ2) is 4.76. The third-order valence-corrected chi connectivity index (χ3v) is 2.75. The molecule has 90 valence electrons. The molecular weight excluding hydrogens is 226 g/mol. The van der Waals surface area contributed by atoms with Crippen LogP contribution >= 0.6 is 0 Å². The molecule has 0 saturated heterocycles. The topological polar surface area (TPSA) is 71.8 Å². The van der Waals surface area contributed by atoms with E-state index in [0.717, 1.165) is 5.56 Å². The van der Waals surface area contributed by atoms with Gasteiger partial charge in [-0.25, -0.2) is 0 Å². The van der Waals surface area contributed by atoms with Crippen molar-refractivity contribution < 1.29 is 4.79 Å². The zero-order valence-electron chi connectivity index (χ0n) is 10.1. The highest BCUT2D eigenvalue weighted by Crippen LogP contribution is 2.20. The van der Waals surface area contributed by atoms with Crippen LogP contribution in [0.15, 0.2) is 36.5 Å². The Labute approximate surface area is 105 Å². The van der Waals surface area contributed by atoms with E-state index in [9.17, 15) is 4.79 Å². The van der Waals surface area contributed by atoms with Crippen molar-refractivity contribution in [3.8, 4) is 6.07 Å². The van der Waals surface area contributed by atoms with Crippen LogP contribution in [0.3, 0.4) is 0 Å². The lowest BCUT2D eigenvalue weighted by Gasteiger charge is -2.06. The molecule has 1 aromatic heterocycles. The number of hydrogen-bond acceptors (Lipinski definition) is 3. The van der Waals surface area contributed by atoms with Crippen LogP contribution in [0.25, 0.3) is 0 Å². The largest absolute Gasteiger partial charge is 0.396 e. The summed E-state index contributed by atoms with van der Waals surface area (Å²) in [5.41, 5.74) is 7.79. The Kier molecular flexibility index (Phi) is 3.16. The van der Waals surface area contributed by atoms with Crippen LogP contribution in [0.5, 0.6) is 0 Å². The summed E-state index contributed by atoms with van der Waals surface area (Å²) >= 11 is 0. The highest BCUT2D eigenvalue weighted by Gasteiger charge is 2.17. The standard InChI is InChI=1S/C14H13N3O/c1-10(18)14-12(7-15)13(16)9-17(14)8-11-5-3-2-4-6-11/h2-6,9H,8,16H2,1H3. The van der Waals surface area contributed by atoms with Gasteiger partial charge in [0.2, 0.25) is 0 Å². The minimum absolute atomic E-state index is 0.154. The highest BCUT2D eigenvalue weighted by atomic mass is 16.1. The zero-order valence-corrected chi connectivity index (χ0v) is 10.1. The minimum atomic E-state index is -0.154. The molecule has 0 fully saturated rings. The number of rotatable bonds is 3. The van der Waals surface area contributed by atoms with E-state index in [4.69, 9.17) is 11.0 Å². The van der Waals surface area contributed by atoms with Gasteiger partial charge in [0.25, 0.3) is 0 Å². The predicted octanol–water partition coefficient (Wildman–Crippen LogP) is 2.19. The molecule has 0 atom stereocenters. The van der Waals surface area contributed by atoms with Gasteiger partial charge in [-0.15, -0.1) is 0 Å². The first kappa shape index (κ1) is 11.9. The summed E-state index contributed by atoms with van der Waals surface area (Å²) < 4.78 is 1.73. The first-order valence-corrected chi connectivity index (χ1v) is 5.57. The van der Waals surface area contributed by atoms with Crippen LogP contribution in [0.1, 0.15) is 28.5 Å². The molecule has 0 saturated carbocycles. The van der Waals surface area contributed by atoms with Crippen LogP contribution < -0.4 is 5.73 Å². The highest BCUT2D eigenvalue weighted by molar-refractivity contribution is 5.97. The third kappa shape index (κ3) is 2.11. The summed E-state index contributed by atoms with van der Waals surface area (Å²) in [6.07, 6.45) is 1.64. The third-order valence-electron chi connectivity index (χ3n) is 2.75. The van der Waals surface area contributed by atoms with Gasteiger partial charge in [-0.05, 0) is 5.56 Å². The molecule has 1 heterocycles. The van der Waals surface area contributed by atoms with Crippen molar-refractivity contribution in [1.82, 2.24) is 4.57 Å². The Bertz CT molecular complexity index is 620. The fourth-order valence-electron chi connectivity index (χ4n) is 1.98. The SMILES string of the molecule is CC(=O)c1c(C#N)c(N)cn1Cc1ccccc1. The van der Waals surface area contributed by atoms with E-state index < -0.39 is 0 Å². The average molecular weight is 239 g/mol. The van der Waals surface area contributed by atoms with Gasteiger partial charge in [-0.1, -0.05) is 30.3 Å². The molecule has 2 aromatic rings. The number of aromatic nitrogens is 1. The summed E-state index contributed by atoms with van der Waals surface area (Å²) in [6.45, 7) is 1.97. The Morgan fingerprint density at radius 2 is 2.06 bits per heavy atom. The molecule has 4 nitrogen and oxygen atoms in total. The number of hydrogen-bond donors (Lipinski definition) is 1. The minimum Gasteiger partial charge on any atom is -0.396 e. The summed E-state index contributed by atoms with van der Waals surface area (Å²) in [6, 6.07) is 11.7. The number of anilines is 1. The second-order valence-electron chi connectivity index (χ2n) is 4.09. The fraction of sp³-hybridized carbons (Fsp3) is 0.143. The van der Waals surface area contributed by atoms with Crippen LogP contribution in [-0.2, 0) is 6.54 Å². The number of nitrogen functional groups attached to an aromatic ring is 1. The van der Waals surface area contributed by atoms with E-state index in [-0.39, 0.29) is 11.3 Å². The quantitative estimate of drug-likeness (QED) is 0.834. The van der Waals surface area contributed by atoms with Gasteiger partial charge in [-0.2, -0.15) is 5.26 Å². The van der Waals surface area contributed by atoms with E-state index in [2.05, 4.69) is 0 Å².